The predicted octanol–water partition coefficient (Wildman–Crippen LogP) is 1.37. The highest BCUT2D eigenvalue weighted by atomic mass is 35.7. The molecular formula is C9H8Cl2N4O3S. The molecule has 0 saturated carbocycles. The average Bonchev–Trinajstić information content (AvgIpc) is 2.72. The average molecular weight is 323 g/mol. The van der Waals surface area contributed by atoms with Gasteiger partial charge in [-0.2, -0.15) is 4.80 Å². The quantitative estimate of drug-likeness (QED) is 0.790. The summed E-state index contributed by atoms with van der Waals surface area (Å²) in [6, 6.07) is 3.92. The van der Waals surface area contributed by atoms with Gasteiger partial charge in [0, 0.05) is 10.7 Å². The summed E-state index contributed by atoms with van der Waals surface area (Å²) in [6.07, 6.45) is 0. The van der Waals surface area contributed by atoms with E-state index in [1.165, 1.54) is 23.0 Å². The molecule has 0 bridgehead atoms. The smallest absolute Gasteiger partial charge is 0.261 e. The molecule has 2 aromatic rings. The number of benzene rings is 1. The molecule has 0 amide bonds. The molecule has 0 N–H and O–H groups in total. The van der Waals surface area contributed by atoms with Crippen molar-refractivity contribution < 1.29 is 13.2 Å². The van der Waals surface area contributed by atoms with Crippen molar-refractivity contribution in [3.05, 3.63) is 29.0 Å². The first kappa shape index (κ1) is 14.0. The van der Waals surface area contributed by atoms with Crippen molar-refractivity contribution >= 4 is 31.3 Å². The second kappa shape index (κ2) is 5.32. The standard InChI is InChI=1S/C9H8Cl2N4O3S/c1-15-13-9(12-14-15)5-18-8-3-2-6(4-7(8)10)19(11,16)17/h2-4H,5H2,1H3. The minimum Gasteiger partial charge on any atom is -0.484 e. The summed E-state index contributed by atoms with van der Waals surface area (Å²) >= 11 is 5.90. The number of ether oxygens (including phenoxy) is 1. The molecule has 19 heavy (non-hydrogen) atoms. The second-order valence-electron chi connectivity index (χ2n) is 3.51. The number of aromatic nitrogens is 4. The highest BCUT2D eigenvalue weighted by Crippen LogP contribution is 2.29. The first-order valence-electron chi connectivity index (χ1n) is 4.96. The summed E-state index contributed by atoms with van der Waals surface area (Å²) in [5, 5.41) is 11.4. The number of rotatable bonds is 4. The summed E-state index contributed by atoms with van der Waals surface area (Å²) in [5.41, 5.74) is 0. The van der Waals surface area contributed by atoms with Crippen LogP contribution in [0.1, 0.15) is 5.82 Å². The fourth-order valence-corrected chi connectivity index (χ4v) is 2.35. The third-order valence-corrected chi connectivity index (χ3v) is 3.74. The molecular weight excluding hydrogens is 315 g/mol. The van der Waals surface area contributed by atoms with Gasteiger partial charge in [0.05, 0.1) is 17.0 Å². The molecule has 0 unspecified atom stereocenters. The Hall–Kier alpha value is -1.38. The first-order chi connectivity index (χ1) is 8.86. The van der Waals surface area contributed by atoms with Crippen LogP contribution < -0.4 is 4.74 Å². The third kappa shape index (κ3) is 3.55. The lowest BCUT2D eigenvalue weighted by Gasteiger charge is -2.06. The highest BCUT2D eigenvalue weighted by Gasteiger charge is 2.13. The van der Waals surface area contributed by atoms with Crippen LogP contribution in [-0.4, -0.2) is 28.6 Å². The second-order valence-corrected chi connectivity index (χ2v) is 6.49. The molecule has 1 aromatic heterocycles. The van der Waals surface area contributed by atoms with Crippen LogP contribution in [0.25, 0.3) is 0 Å². The maximum absolute atomic E-state index is 11.1. The summed E-state index contributed by atoms with van der Waals surface area (Å²) in [7, 11) is 3.02. The van der Waals surface area contributed by atoms with Crippen molar-refractivity contribution in [1.29, 1.82) is 0 Å². The Morgan fingerprint density at radius 2 is 2.16 bits per heavy atom. The van der Waals surface area contributed by atoms with Crippen LogP contribution in [0.3, 0.4) is 0 Å². The highest BCUT2D eigenvalue weighted by molar-refractivity contribution is 8.13. The largest absolute Gasteiger partial charge is 0.484 e. The van der Waals surface area contributed by atoms with Gasteiger partial charge in [0.25, 0.3) is 9.05 Å². The van der Waals surface area contributed by atoms with E-state index in [1.54, 1.807) is 7.05 Å². The normalized spacial score (nSPS) is 11.5. The van der Waals surface area contributed by atoms with Crippen molar-refractivity contribution in [3.63, 3.8) is 0 Å². The Bertz CT molecular complexity index is 701. The van der Waals surface area contributed by atoms with E-state index in [1.807, 2.05) is 0 Å². The third-order valence-electron chi connectivity index (χ3n) is 2.09. The zero-order valence-electron chi connectivity index (χ0n) is 9.62. The van der Waals surface area contributed by atoms with Gasteiger partial charge in [-0.1, -0.05) is 11.6 Å². The molecule has 102 valence electrons. The number of aryl methyl sites for hydroxylation is 1. The zero-order chi connectivity index (χ0) is 14.0. The molecule has 7 nitrogen and oxygen atoms in total. The summed E-state index contributed by atoms with van der Waals surface area (Å²) in [4.78, 5) is 1.20. The van der Waals surface area contributed by atoms with Gasteiger partial charge in [-0.15, -0.1) is 10.2 Å². The van der Waals surface area contributed by atoms with Crippen LogP contribution in [0.4, 0.5) is 0 Å². The number of hydrogen-bond acceptors (Lipinski definition) is 6. The van der Waals surface area contributed by atoms with E-state index < -0.39 is 9.05 Å². The van der Waals surface area contributed by atoms with Crippen molar-refractivity contribution in [3.8, 4) is 5.75 Å². The van der Waals surface area contributed by atoms with Gasteiger partial charge in [0.1, 0.15) is 5.75 Å². The molecule has 0 atom stereocenters. The van der Waals surface area contributed by atoms with Crippen LogP contribution in [0.15, 0.2) is 23.1 Å². The molecule has 0 spiro atoms. The number of hydrogen-bond donors (Lipinski definition) is 0. The minimum absolute atomic E-state index is 0.0700. The van der Waals surface area contributed by atoms with Crippen LogP contribution in [0.5, 0.6) is 5.75 Å². The van der Waals surface area contributed by atoms with E-state index in [-0.39, 0.29) is 16.5 Å². The molecule has 0 aliphatic heterocycles. The van der Waals surface area contributed by atoms with E-state index in [9.17, 15) is 8.42 Å². The van der Waals surface area contributed by atoms with Crippen molar-refractivity contribution in [2.24, 2.45) is 7.05 Å². The van der Waals surface area contributed by atoms with Crippen molar-refractivity contribution in [2.45, 2.75) is 11.5 Å². The molecule has 0 fully saturated rings. The van der Waals surface area contributed by atoms with Gasteiger partial charge in [-0.25, -0.2) is 8.42 Å². The molecule has 0 radical (unpaired) electrons. The van der Waals surface area contributed by atoms with Gasteiger partial charge in [0.2, 0.25) is 5.82 Å². The van der Waals surface area contributed by atoms with Crippen LogP contribution in [-0.2, 0) is 22.7 Å². The van der Waals surface area contributed by atoms with E-state index in [4.69, 9.17) is 27.0 Å². The van der Waals surface area contributed by atoms with Crippen molar-refractivity contribution in [2.75, 3.05) is 0 Å². The molecule has 0 saturated heterocycles. The summed E-state index contributed by atoms with van der Waals surface area (Å²) in [6.45, 7) is 0.0700. The fraction of sp³-hybridized carbons (Fsp3) is 0.222. The van der Waals surface area contributed by atoms with Gasteiger partial charge in [-0.05, 0) is 23.4 Å². The topological polar surface area (TPSA) is 87.0 Å². The lowest BCUT2D eigenvalue weighted by atomic mass is 10.3. The molecule has 0 aliphatic carbocycles. The Labute approximate surface area is 118 Å². The summed E-state index contributed by atoms with van der Waals surface area (Å²) in [5.74, 6) is 0.686. The molecule has 1 heterocycles. The van der Waals surface area contributed by atoms with E-state index in [2.05, 4.69) is 15.4 Å². The van der Waals surface area contributed by atoms with Crippen LogP contribution in [0.2, 0.25) is 5.02 Å². The lowest BCUT2D eigenvalue weighted by Crippen LogP contribution is -2.00. The fourth-order valence-electron chi connectivity index (χ4n) is 1.27. The Morgan fingerprint density at radius 3 is 2.68 bits per heavy atom. The van der Waals surface area contributed by atoms with Gasteiger partial charge < -0.3 is 4.74 Å². The Morgan fingerprint density at radius 1 is 1.42 bits per heavy atom. The van der Waals surface area contributed by atoms with Crippen molar-refractivity contribution in [1.82, 2.24) is 20.2 Å². The molecule has 1 aromatic carbocycles. The lowest BCUT2D eigenvalue weighted by molar-refractivity contribution is 0.295. The van der Waals surface area contributed by atoms with E-state index in [0.717, 1.165) is 0 Å². The van der Waals surface area contributed by atoms with E-state index >= 15 is 0 Å². The van der Waals surface area contributed by atoms with Gasteiger partial charge >= 0.3 is 0 Å². The van der Waals surface area contributed by atoms with Gasteiger partial charge in [-0.3, -0.25) is 0 Å². The SMILES string of the molecule is Cn1nnc(COc2ccc(S(=O)(=O)Cl)cc2Cl)n1. The Balaban J connectivity index is 2.14. The maximum Gasteiger partial charge on any atom is 0.261 e. The molecule has 10 heteroatoms. The van der Waals surface area contributed by atoms with Crippen LogP contribution in [0, 0.1) is 0 Å². The first-order valence-corrected chi connectivity index (χ1v) is 7.65. The Kier molecular flexibility index (Phi) is 3.93. The summed E-state index contributed by atoms with van der Waals surface area (Å²) < 4.78 is 27.6. The molecule has 2 rings (SSSR count). The van der Waals surface area contributed by atoms with Crippen LogP contribution >= 0.6 is 22.3 Å². The minimum atomic E-state index is -3.81. The monoisotopic (exact) mass is 322 g/mol. The number of halogens is 2. The van der Waals surface area contributed by atoms with Gasteiger partial charge in [0.15, 0.2) is 6.61 Å². The number of nitrogens with zero attached hydrogens (tertiary/aromatic N) is 4. The molecule has 0 aliphatic rings. The number of tetrazole rings is 1. The van der Waals surface area contributed by atoms with E-state index in [0.29, 0.717) is 11.6 Å². The predicted molar refractivity (Wildman–Crippen MR) is 67.6 cm³/mol. The maximum atomic E-state index is 11.1. The zero-order valence-corrected chi connectivity index (χ0v) is 11.9.